The van der Waals surface area contributed by atoms with E-state index in [2.05, 4.69) is 26.1 Å². The first-order chi connectivity index (χ1) is 9.63. The van der Waals surface area contributed by atoms with Gasteiger partial charge in [-0.3, -0.25) is 4.79 Å². The third kappa shape index (κ3) is 2.68. The number of aromatic nitrogens is 2. The monoisotopic (exact) mass is 334 g/mol. The number of rotatable bonds is 2. The minimum atomic E-state index is 0.227. The molecule has 0 amide bonds. The molecular formula is C15H15BrN2O2. The maximum atomic E-state index is 11.3. The Balaban J connectivity index is 1.84. The fourth-order valence-corrected chi connectivity index (χ4v) is 3.05. The molecule has 0 saturated heterocycles. The van der Waals surface area contributed by atoms with Crippen molar-refractivity contribution in [3.8, 4) is 11.4 Å². The summed E-state index contributed by atoms with van der Waals surface area (Å²) in [5.41, 5.74) is 2.08. The average Bonchev–Trinajstić information content (AvgIpc) is 2.89. The van der Waals surface area contributed by atoms with Crippen molar-refractivity contribution in [3.63, 3.8) is 0 Å². The lowest BCUT2D eigenvalue weighted by Gasteiger charge is -2.16. The zero-order valence-corrected chi connectivity index (χ0v) is 12.8. The predicted octanol–water partition coefficient (Wildman–Crippen LogP) is 4.03. The Hall–Kier alpha value is -1.49. The molecule has 1 aromatic carbocycles. The molecule has 104 valence electrons. The van der Waals surface area contributed by atoms with Crippen LogP contribution in [0.5, 0.6) is 0 Å². The van der Waals surface area contributed by atoms with E-state index in [1.807, 2.05) is 25.1 Å². The average molecular weight is 335 g/mol. The second kappa shape index (κ2) is 5.48. The molecule has 0 N–H and O–H groups in total. The van der Waals surface area contributed by atoms with Crippen LogP contribution in [-0.4, -0.2) is 15.9 Å². The highest BCUT2D eigenvalue weighted by atomic mass is 79.9. The van der Waals surface area contributed by atoms with Crippen LogP contribution in [0.2, 0.25) is 0 Å². The molecule has 3 rings (SSSR count). The fraction of sp³-hybridized carbons (Fsp3) is 0.400. The van der Waals surface area contributed by atoms with Crippen molar-refractivity contribution < 1.29 is 9.32 Å². The summed E-state index contributed by atoms with van der Waals surface area (Å²) >= 11 is 3.45. The van der Waals surface area contributed by atoms with Crippen LogP contribution in [0.1, 0.15) is 43.1 Å². The van der Waals surface area contributed by atoms with Crippen LogP contribution in [-0.2, 0) is 4.79 Å². The van der Waals surface area contributed by atoms with Gasteiger partial charge in [-0.25, -0.2) is 0 Å². The van der Waals surface area contributed by atoms with Crippen molar-refractivity contribution in [2.45, 2.75) is 38.5 Å². The molecule has 0 spiro atoms. The number of carbonyl (C=O) groups excluding carboxylic acids is 1. The maximum absolute atomic E-state index is 11.3. The SMILES string of the molecule is Cc1cc(Br)ccc1-c1noc(C2CCC(=O)CC2)n1. The highest BCUT2D eigenvalue weighted by Crippen LogP contribution is 2.32. The lowest BCUT2D eigenvalue weighted by atomic mass is 9.88. The second-order valence-corrected chi connectivity index (χ2v) is 6.14. The Morgan fingerprint density at radius 1 is 1.30 bits per heavy atom. The molecule has 0 bridgehead atoms. The summed E-state index contributed by atoms with van der Waals surface area (Å²) in [6, 6.07) is 5.99. The zero-order valence-electron chi connectivity index (χ0n) is 11.2. The van der Waals surface area contributed by atoms with Gasteiger partial charge in [-0.2, -0.15) is 4.98 Å². The number of ketones is 1. The van der Waals surface area contributed by atoms with Crippen LogP contribution >= 0.6 is 15.9 Å². The molecule has 1 fully saturated rings. The van der Waals surface area contributed by atoms with Crippen LogP contribution in [0.4, 0.5) is 0 Å². The highest BCUT2D eigenvalue weighted by Gasteiger charge is 2.25. The Labute approximate surface area is 125 Å². The number of hydrogen-bond acceptors (Lipinski definition) is 4. The smallest absolute Gasteiger partial charge is 0.230 e. The predicted molar refractivity (Wildman–Crippen MR) is 78.4 cm³/mol. The van der Waals surface area contributed by atoms with Crippen LogP contribution in [0, 0.1) is 6.92 Å². The highest BCUT2D eigenvalue weighted by molar-refractivity contribution is 9.10. The summed E-state index contributed by atoms with van der Waals surface area (Å²) in [5, 5.41) is 4.08. The molecule has 4 nitrogen and oxygen atoms in total. The van der Waals surface area contributed by atoms with Gasteiger partial charge < -0.3 is 4.52 Å². The Morgan fingerprint density at radius 3 is 2.75 bits per heavy atom. The number of hydrogen-bond donors (Lipinski definition) is 0. The van der Waals surface area contributed by atoms with E-state index in [-0.39, 0.29) is 5.92 Å². The molecule has 1 heterocycles. The lowest BCUT2D eigenvalue weighted by molar-refractivity contribution is -0.120. The fourth-order valence-electron chi connectivity index (χ4n) is 2.58. The van der Waals surface area contributed by atoms with E-state index >= 15 is 0 Å². The third-order valence-corrected chi connectivity index (χ3v) is 4.26. The largest absolute Gasteiger partial charge is 0.339 e. The summed E-state index contributed by atoms with van der Waals surface area (Å²) < 4.78 is 6.43. The molecule has 1 aliphatic carbocycles. The van der Waals surface area contributed by atoms with E-state index in [1.54, 1.807) is 0 Å². The molecule has 2 aromatic rings. The summed E-state index contributed by atoms with van der Waals surface area (Å²) in [6.45, 7) is 2.02. The van der Waals surface area contributed by atoms with Crippen molar-refractivity contribution in [2.75, 3.05) is 0 Å². The number of carbonyl (C=O) groups is 1. The number of nitrogens with zero attached hydrogens (tertiary/aromatic N) is 2. The maximum Gasteiger partial charge on any atom is 0.230 e. The number of halogens is 1. The van der Waals surface area contributed by atoms with E-state index in [0.717, 1.165) is 28.4 Å². The van der Waals surface area contributed by atoms with Gasteiger partial charge in [0.15, 0.2) is 0 Å². The van der Waals surface area contributed by atoms with Crippen molar-refractivity contribution in [1.82, 2.24) is 10.1 Å². The van der Waals surface area contributed by atoms with Gasteiger partial charge in [0.25, 0.3) is 0 Å². The van der Waals surface area contributed by atoms with E-state index < -0.39 is 0 Å². The first kappa shape index (κ1) is 13.5. The van der Waals surface area contributed by atoms with Gasteiger partial charge in [-0.05, 0) is 43.5 Å². The zero-order chi connectivity index (χ0) is 14.1. The van der Waals surface area contributed by atoms with Crippen molar-refractivity contribution in [3.05, 3.63) is 34.1 Å². The molecule has 1 saturated carbocycles. The Kier molecular flexibility index (Phi) is 3.70. The van der Waals surface area contributed by atoms with Gasteiger partial charge in [0.05, 0.1) is 0 Å². The Morgan fingerprint density at radius 2 is 2.05 bits per heavy atom. The topological polar surface area (TPSA) is 56.0 Å². The van der Waals surface area contributed by atoms with Gasteiger partial charge in [0.1, 0.15) is 5.78 Å². The summed E-state index contributed by atoms with van der Waals surface area (Å²) in [6.07, 6.45) is 2.89. The summed E-state index contributed by atoms with van der Waals surface area (Å²) in [4.78, 5) is 15.8. The molecule has 20 heavy (non-hydrogen) atoms. The van der Waals surface area contributed by atoms with E-state index in [9.17, 15) is 4.79 Å². The quantitative estimate of drug-likeness (QED) is 0.831. The number of Topliss-reactive ketones (excluding diaryl/α,β-unsaturated/α-hetero) is 1. The number of benzene rings is 1. The lowest BCUT2D eigenvalue weighted by Crippen LogP contribution is -2.12. The van der Waals surface area contributed by atoms with Crippen LogP contribution in [0.3, 0.4) is 0 Å². The number of aryl methyl sites for hydroxylation is 1. The first-order valence-corrected chi connectivity index (χ1v) is 7.54. The molecule has 1 aliphatic rings. The molecule has 5 heteroatoms. The van der Waals surface area contributed by atoms with Crippen molar-refractivity contribution in [2.24, 2.45) is 0 Å². The van der Waals surface area contributed by atoms with Crippen LogP contribution in [0.25, 0.3) is 11.4 Å². The molecule has 0 atom stereocenters. The van der Waals surface area contributed by atoms with Gasteiger partial charge in [0, 0.05) is 28.8 Å². The van der Waals surface area contributed by atoms with Gasteiger partial charge in [-0.1, -0.05) is 21.1 Å². The minimum absolute atomic E-state index is 0.227. The normalized spacial score (nSPS) is 16.6. The van der Waals surface area contributed by atoms with E-state index in [0.29, 0.717) is 30.3 Å². The first-order valence-electron chi connectivity index (χ1n) is 6.75. The third-order valence-electron chi connectivity index (χ3n) is 3.76. The van der Waals surface area contributed by atoms with Crippen LogP contribution < -0.4 is 0 Å². The van der Waals surface area contributed by atoms with Crippen molar-refractivity contribution in [1.29, 1.82) is 0 Å². The molecule has 0 unspecified atom stereocenters. The van der Waals surface area contributed by atoms with Gasteiger partial charge in [0.2, 0.25) is 11.7 Å². The van der Waals surface area contributed by atoms with E-state index in [4.69, 9.17) is 4.52 Å². The summed E-state index contributed by atoms with van der Waals surface area (Å²) in [7, 11) is 0. The molecule has 0 aliphatic heterocycles. The molecule has 1 aromatic heterocycles. The van der Waals surface area contributed by atoms with Crippen LogP contribution in [0.15, 0.2) is 27.2 Å². The second-order valence-electron chi connectivity index (χ2n) is 5.23. The van der Waals surface area contributed by atoms with Gasteiger partial charge in [-0.15, -0.1) is 0 Å². The molecular weight excluding hydrogens is 320 g/mol. The van der Waals surface area contributed by atoms with Gasteiger partial charge >= 0.3 is 0 Å². The molecule has 0 radical (unpaired) electrons. The summed E-state index contributed by atoms with van der Waals surface area (Å²) in [5.74, 6) is 1.85. The Bertz CT molecular complexity index is 641. The minimum Gasteiger partial charge on any atom is -0.339 e. The standard InChI is InChI=1S/C15H15BrN2O2/c1-9-8-11(16)4-7-13(9)14-17-15(20-18-14)10-2-5-12(19)6-3-10/h4,7-8,10H,2-3,5-6H2,1H3. The van der Waals surface area contributed by atoms with Crippen molar-refractivity contribution >= 4 is 21.7 Å². The van der Waals surface area contributed by atoms with E-state index in [1.165, 1.54) is 0 Å².